The standard InChI is InChI=1S/C24H30ClN3O4S/c1-16-6-5-13-28(15-16)33(31,32)21-14-18(9-12-20(21)25)22(29)26-19-10-7-17(8-11-19)23(30)27-24(2,3)4/h7-12,14,16H,5-6,13,15H2,1-4H3,(H,26,29)(H,27,30). The van der Waals surface area contributed by atoms with Crippen molar-refractivity contribution in [1.82, 2.24) is 9.62 Å². The zero-order valence-corrected chi connectivity index (χ0v) is 20.9. The van der Waals surface area contributed by atoms with Gasteiger partial charge in [0.05, 0.1) is 5.02 Å². The van der Waals surface area contributed by atoms with Gasteiger partial charge < -0.3 is 10.6 Å². The third kappa shape index (κ3) is 6.34. The summed E-state index contributed by atoms with van der Waals surface area (Å²) in [7, 11) is -3.81. The topological polar surface area (TPSA) is 95.6 Å². The minimum absolute atomic E-state index is 0.0693. The number of halogens is 1. The van der Waals surface area contributed by atoms with Crippen LogP contribution in [-0.2, 0) is 10.0 Å². The van der Waals surface area contributed by atoms with Crippen LogP contribution >= 0.6 is 11.6 Å². The minimum atomic E-state index is -3.81. The Bertz CT molecular complexity index is 1140. The Labute approximate surface area is 200 Å². The maximum Gasteiger partial charge on any atom is 0.255 e. The van der Waals surface area contributed by atoms with Gasteiger partial charge in [0.15, 0.2) is 0 Å². The van der Waals surface area contributed by atoms with E-state index in [0.717, 1.165) is 12.8 Å². The Morgan fingerprint density at radius 3 is 2.27 bits per heavy atom. The molecule has 1 saturated heterocycles. The number of nitrogens with zero attached hydrogens (tertiary/aromatic N) is 1. The number of piperidine rings is 1. The van der Waals surface area contributed by atoms with Crippen LogP contribution in [0.25, 0.3) is 0 Å². The number of benzene rings is 2. The molecule has 1 heterocycles. The molecule has 1 atom stereocenters. The first-order valence-corrected chi connectivity index (χ1v) is 12.7. The number of nitrogens with one attached hydrogen (secondary N) is 2. The fraction of sp³-hybridized carbons (Fsp3) is 0.417. The Hall–Kier alpha value is -2.42. The molecule has 2 aromatic rings. The van der Waals surface area contributed by atoms with Gasteiger partial charge in [-0.25, -0.2) is 8.42 Å². The zero-order valence-electron chi connectivity index (χ0n) is 19.3. The monoisotopic (exact) mass is 491 g/mol. The first-order valence-electron chi connectivity index (χ1n) is 10.9. The smallest absolute Gasteiger partial charge is 0.255 e. The van der Waals surface area contributed by atoms with E-state index < -0.39 is 15.9 Å². The van der Waals surface area contributed by atoms with Crippen molar-refractivity contribution in [2.75, 3.05) is 18.4 Å². The predicted molar refractivity (Wildman–Crippen MR) is 130 cm³/mol. The van der Waals surface area contributed by atoms with E-state index in [0.29, 0.717) is 24.3 Å². The Morgan fingerprint density at radius 1 is 1.03 bits per heavy atom. The molecule has 1 fully saturated rings. The molecule has 0 saturated carbocycles. The Balaban J connectivity index is 1.76. The number of amides is 2. The molecule has 2 aromatic carbocycles. The van der Waals surface area contributed by atoms with Crippen LogP contribution in [0.3, 0.4) is 0 Å². The summed E-state index contributed by atoms with van der Waals surface area (Å²) in [5.41, 5.74) is 0.774. The molecule has 2 amide bonds. The third-order valence-electron chi connectivity index (χ3n) is 5.32. The molecule has 3 rings (SSSR count). The van der Waals surface area contributed by atoms with Crippen LogP contribution in [0.4, 0.5) is 5.69 Å². The normalized spacial score (nSPS) is 17.4. The summed E-state index contributed by atoms with van der Waals surface area (Å²) >= 11 is 6.22. The number of hydrogen-bond acceptors (Lipinski definition) is 4. The molecule has 0 spiro atoms. The largest absolute Gasteiger partial charge is 0.347 e. The molecular weight excluding hydrogens is 462 g/mol. The van der Waals surface area contributed by atoms with Gasteiger partial charge in [-0.2, -0.15) is 4.31 Å². The van der Waals surface area contributed by atoms with Crippen LogP contribution in [-0.4, -0.2) is 43.2 Å². The summed E-state index contributed by atoms with van der Waals surface area (Å²) in [5.74, 6) is -0.408. The number of carbonyl (C=O) groups excluding carboxylic acids is 2. The molecule has 0 bridgehead atoms. The van der Waals surface area contributed by atoms with E-state index in [2.05, 4.69) is 10.6 Å². The molecule has 178 valence electrons. The lowest BCUT2D eigenvalue weighted by Gasteiger charge is -2.30. The van der Waals surface area contributed by atoms with Crippen molar-refractivity contribution in [2.24, 2.45) is 5.92 Å². The van der Waals surface area contributed by atoms with Crippen molar-refractivity contribution >= 4 is 39.1 Å². The van der Waals surface area contributed by atoms with E-state index in [1.54, 1.807) is 24.3 Å². The highest BCUT2D eigenvalue weighted by atomic mass is 35.5. The van der Waals surface area contributed by atoms with Crippen LogP contribution in [0.2, 0.25) is 5.02 Å². The summed E-state index contributed by atoms with van der Waals surface area (Å²) in [4.78, 5) is 25.0. The average molecular weight is 492 g/mol. The summed E-state index contributed by atoms with van der Waals surface area (Å²) in [6.45, 7) is 8.58. The number of hydrogen-bond donors (Lipinski definition) is 2. The fourth-order valence-corrected chi connectivity index (χ4v) is 5.77. The van der Waals surface area contributed by atoms with E-state index in [1.165, 1.54) is 22.5 Å². The van der Waals surface area contributed by atoms with Crippen LogP contribution < -0.4 is 10.6 Å². The third-order valence-corrected chi connectivity index (χ3v) is 7.67. The number of anilines is 1. The van der Waals surface area contributed by atoms with Gasteiger partial charge in [0.2, 0.25) is 10.0 Å². The van der Waals surface area contributed by atoms with Crippen molar-refractivity contribution in [3.05, 3.63) is 58.6 Å². The van der Waals surface area contributed by atoms with Gasteiger partial charge in [-0.3, -0.25) is 9.59 Å². The molecule has 2 N–H and O–H groups in total. The number of sulfonamides is 1. The van der Waals surface area contributed by atoms with E-state index in [1.807, 2.05) is 27.7 Å². The quantitative estimate of drug-likeness (QED) is 0.641. The van der Waals surface area contributed by atoms with Gasteiger partial charge in [-0.05, 0) is 82.0 Å². The van der Waals surface area contributed by atoms with Crippen molar-refractivity contribution in [3.63, 3.8) is 0 Å². The first kappa shape index (κ1) is 25.2. The summed E-state index contributed by atoms with van der Waals surface area (Å²) < 4.78 is 27.8. The number of rotatable bonds is 5. The van der Waals surface area contributed by atoms with Crippen molar-refractivity contribution in [3.8, 4) is 0 Å². The highest BCUT2D eigenvalue weighted by molar-refractivity contribution is 7.89. The molecule has 1 unspecified atom stereocenters. The van der Waals surface area contributed by atoms with Gasteiger partial charge in [0.1, 0.15) is 4.90 Å². The molecule has 1 aliphatic heterocycles. The highest BCUT2D eigenvalue weighted by Gasteiger charge is 2.31. The lowest BCUT2D eigenvalue weighted by molar-refractivity contribution is 0.0919. The SMILES string of the molecule is CC1CCCN(S(=O)(=O)c2cc(C(=O)Nc3ccc(C(=O)NC(C)(C)C)cc3)ccc2Cl)C1. The van der Waals surface area contributed by atoms with Crippen LogP contribution in [0.5, 0.6) is 0 Å². The van der Waals surface area contributed by atoms with Crippen LogP contribution in [0, 0.1) is 5.92 Å². The molecule has 0 aromatic heterocycles. The van der Waals surface area contributed by atoms with Gasteiger partial charge in [0, 0.05) is 35.4 Å². The molecule has 7 nitrogen and oxygen atoms in total. The summed E-state index contributed by atoms with van der Waals surface area (Å²) in [6, 6.07) is 10.7. The minimum Gasteiger partial charge on any atom is -0.347 e. The maximum absolute atomic E-state index is 13.2. The maximum atomic E-state index is 13.2. The zero-order chi connectivity index (χ0) is 24.4. The molecule has 0 aliphatic carbocycles. The van der Waals surface area contributed by atoms with Crippen LogP contribution in [0.1, 0.15) is 61.3 Å². The molecule has 9 heteroatoms. The van der Waals surface area contributed by atoms with Gasteiger partial charge in [-0.15, -0.1) is 0 Å². The first-order chi connectivity index (χ1) is 15.4. The van der Waals surface area contributed by atoms with Gasteiger partial charge in [-0.1, -0.05) is 18.5 Å². The lowest BCUT2D eigenvalue weighted by Crippen LogP contribution is -2.40. The molecule has 1 aliphatic rings. The summed E-state index contributed by atoms with van der Waals surface area (Å²) in [5, 5.41) is 5.69. The van der Waals surface area contributed by atoms with E-state index in [4.69, 9.17) is 11.6 Å². The molecular formula is C24H30ClN3O4S. The van der Waals surface area contributed by atoms with Crippen molar-refractivity contribution in [2.45, 2.75) is 51.0 Å². The van der Waals surface area contributed by atoms with Gasteiger partial charge in [0.25, 0.3) is 11.8 Å². The highest BCUT2D eigenvalue weighted by Crippen LogP contribution is 2.29. The van der Waals surface area contributed by atoms with E-state index in [-0.39, 0.29) is 32.8 Å². The average Bonchev–Trinajstić information content (AvgIpc) is 2.73. The second-order valence-electron chi connectivity index (χ2n) is 9.49. The fourth-order valence-electron chi connectivity index (χ4n) is 3.67. The van der Waals surface area contributed by atoms with Crippen molar-refractivity contribution < 1.29 is 18.0 Å². The summed E-state index contributed by atoms with van der Waals surface area (Å²) in [6.07, 6.45) is 1.78. The van der Waals surface area contributed by atoms with Gasteiger partial charge >= 0.3 is 0 Å². The Kier molecular flexibility index (Phi) is 7.51. The van der Waals surface area contributed by atoms with E-state index in [9.17, 15) is 18.0 Å². The van der Waals surface area contributed by atoms with E-state index >= 15 is 0 Å². The van der Waals surface area contributed by atoms with Crippen LogP contribution in [0.15, 0.2) is 47.4 Å². The number of carbonyl (C=O) groups is 2. The lowest BCUT2D eigenvalue weighted by atomic mass is 10.0. The second-order valence-corrected chi connectivity index (χ2v) is 11.8. The second kappa shape index (κ2) is 9.83. The molecule has 0 radical (unpaired) electrons. The molecule has 33 heavy (non-hydrogen) atoms. The Morgan fingerprint density at radius 2 is 1.67 bits per heavy atom. The van der Waals surface area contributed by atoms with Crippen molar-refractivity contribution in [1.29, 1.82) is 0 Å². The predicted octanol–water partition coefficient (Wildman–Crippen LogP) is 4.54.